The number of hydrogen-bond acceptors (Lipinski definition) is 7. The monoisotopic (exact) mass is 512 g/mol. The van der Waals surface area contributed by atoms with Crippen LogP contribution in [0, 0.1) is 0 Å². The van der Waals surface area contributed by atoms with Gasteiger partial charge in [-0.3, -0.25) is 9.69 Å². The Labute approximate surface area is 204 Å². The van der Waals surface area contributed by atoms with Gasteiger partial charge in [0, 0.05) is 35.5 Å². The molecule has 180 valence electrons. The summed E-state index contributed by atoms with van der Waals surface area (Å²) in [4.78, 5) is 28.8. The van der Waals surface area contributed by atoms with Crippen LogP contribution in [-0.4, -0.2) is 50.1 Å². The van der Waals surface area contributed by atoms with Gasteiger partial charge in [0.25, 0.3) is 0 Å². The molecular formula is C23H29ClN2O5S2. The topological polar surface area (TPSA) is 92.8 Å². The number of ether oxygens (including phenoxy) is 1. The molecule has 0 bridgehead atoms. The predicted molar refractivity (Wildman–Crippen MR) is 131 cm³/mol. The largest absolute Gasteiger partial charge is 0.462 e. The lowest BCUT2D eigenvalue weighted by molar-refractivity contribution is -0.116. The smallest absolute Gasteiger partial charge is 0.341 e. The normalized spacial score (nSPS) is 14.2. The SMILES string of the molecule is CCOC(=O)c1c(NC(=O)CCCS(=O)(=O)c2ccc(Cl)cc2)sc2c1CCN(C(C)C)C2. The number of anilines is 1. The molecule has 0 aliphatic carbocycles. The minimum Gasteiger partial charge on any atom is -0.462 e. The molecule has 3 rings (SSSR count). The zero-order chi connectivity index (χ0) is 24.2. The van der Waals surface area contributed by atoms with Crippen molar-refractivity contribution in [2.24, 2.45) is 0 Å². The quantitative estimate of drug-likeness (QED) is 0.496. The van der Waals surface area contributed by atoms with Crippen molar-refractivity contribution in [3.63, 3.8) is 0 Å². The fraction of sp³-hybridized carbons (Fsp3) is 0.478. The van der Waals surface area contributed by atoms with Crippen LogP contribution in [-0.2, 0) is 32.3 Å². The molecule has 33 heavy (non-hydrogen) atoms. The van der Waals surface area contributed by atoms with Crippen molar-refractivity contribution in [1.82, 2.24) is 4.90 Å². The Kier molecular flexibility index (Phi) is 8.55. The number of esters is 1. The molecule has 7 nitrogen and oxygen atoms in total. The molecule has 1 N–H and O–H groups in total. The molecule has 10 heteroatoms. The Balaban J connectivity index is 1.68. The summed E-state index contributed by atoms with van der Waals surface area (Å²) in [6.45, 7) is 7.81. The maximum atomic E-state index is 12.7. The summed E-state index contributed by atoms with van der Waals surface area (Å²) in [5, 5.41) is 3.77. The zero-order valence-electron chi connectivity index (χ0n) is 19.0. The number of rotatable bonds is 9. The molecule has 2 aromatic rings. The van der Waals surface area contributed by atoms with Crippen molar-refractivity contribution in [1.29, 1.82) is 0 Å². The first kappa shape index (κ1) is 25.7. The van der Waals surface area contributed by atoms with Crippen molar-refractivity contribution < 1.29 is 22.7 Å². The first-order valence-corrected chi connectivity index (χ1v) is 13.8. The van der Waals surface area contributed by atoms with E-state index in [0.29, 0.717) is 28.0 Å². The van der Waals surface area contributed by atoms with Gasteiger partial charge in [0.2, 0.25) is 5.91 Å². The van der Waals surface area contributed by atoms with E-state index in [1.165, 1.54) is 35.6 Å². The highest BCUT2D eigenvalue weighted by atomic mass is 35.5. The molecule has 0 saturated carbocycles. The molecule has 0 unspecified atom stereocenters. The van der Waals surface area contributed by atoms with Gasteiger partial charge in [-0.2, -0.15) is 0 Å². The average Bonchev–Trinajstić information content (AvgIpc) is 3.10. The summed E-state index contributed by atoms with van der Waals surface area (Å²) in [5.41, 5.74) is 1.37. The number of benzene rings is 1. The summed E-state index contributed by atoms with van der Waals surface area (Å²) in [6.07, 6.45) is 0.904. The average molecular weight is 513 g/mol. The Morgan fingerprint density at radius 1 is 1.24 bits per heavy atom. The molecule has 0 spiro atoms. The van der Waals surface area contributed by atoms with Crippen LogP contribution in [0.4, 0.5) is 5.00 Å². The number of sulfone groups is 1. The van der Waals surface area contributed by atoms with E-state index in [9.17, 15) is 18.0 Å². The first-order valence-electron chi connectivity index (χ1n) is 11.0. The van der Waals surface area contributed by atoms with Gasteiger partial charge in [-0.15, -0.1) is 11.3 Å². The fourth-order valence-electron chi connectivity index (χ4n) is 3.74. The van der Waals surface area contributed by atoms with Gasteiger partial charge in [0.05, 0.1) is 22.8 Å². The molecule has 0 atom stereocenters. The van der Waals surface area contributed by atoms with Gasteiger partial charge in [-0.05, 0) is 63.4 Å². The van der Waals surface area contributed by atoms with E-state index in [-0.39, 0.29) is 36.0 Å². The molecule has 1 aromatic heterocycles. The van der Waals surface area contributed by atoms with E-state index in [0.717, 1.165) is 23.5 Å². The van der Waals surface area contributed by atoms with Crippen molar-refractivity contribution in [2.45, 2.75) is 57.5 Å². The van der Waals surface area contributed by atoms with Crippen LogP contribution in [0.3, 0.4) is 0 Å². The van der Waals surface area contributed by atoms with E-state index in [1.807, 2.05) is 0 Å². The number of amides is 1. The summed E-state index contributed by atoms with van der Waals surface area (Å²) in [7, 11) is -3.51. The Hall–Kier alpha value is -1.94. The summed E-state index contributed by atoms with van der Waals surface area (Å²) >= 11 is 7.22. The third kappa shape index (κ3) is 6.35. The third-order valence-corrected chi connectivity index (χ3v) is 8.74. The maximum absolute atomic E-state index is 12.7. The van der Waals surface area contributed by atoms with Gasteiger partial charge in [-0.25, -0.2) is 13.2 Å². The van der Waals surface area contributed by atoms with Gasteiger partial charge in [-0.1, -0.05) is 11.6 Å². The zero-order valence-corrected chi connectivity index (χ0v) is 21.4. The molecule has 0 fully saturated rings. The highest BCUT2D eigenvalue weighted by Crippen LogP contribution is 2.38. The van der Waals surface area contributed by atoms with Crippen molar-refractivity contribution >= 4 is 49.7 Å². The third-order valence-electron chi connectivity index (χ3n) is 5.54. The van der Waals surface area contributed by atoms with Crippen LogP contribution in [0.25, 0.3) is 0 Å². The van der Waals surface area contributed by atoms with Crippen LogP contribution in [0.15, 0.2) is 29.2 Å². The van der Waals surface area contributed by atoms with E-state index < -0.39 is 15.8 Å². The van der Waals surface area contributed by atoms with Gasteiger partial charge < -0.3 is 10.1 Å². The Morgan fingerprint density at radius 2 is 1.94 bits per heavy atom. The number of thiophene rings is 1. The second kappa shape index (κ2) is 11.0. The minimum atomic E-state index is -3.51. The van der Waals surface area contributed by atoms with Crippen LogP contribution in [0.1, 0.15) is 54.4 Å². The number of carbonyl (C=O) groups excluding carboxylic acids is 2. The Bertz CT molecular complexity index is 1110. The van der Waals surface area contributed by atoms with E-state index >= 15 is 0 Å². The summed E-state index contributed by atoms with van der Waals surface area (Å²) in [6, 6.07) is 6.35. The molecular weight excluding hydrogens is 484 g/mol. The number of halogens is 1. The lowest BCUT2D eigenvalue weighted by atomic mass is 10.0. The predicted octanol–water partition coefficient (Wildman–Crippen LogP) is 4.54. The highest BCUT2D eigenvalue weighted by molar-refractivity contribution is 7.91. The van der Waals surface area contributed by atoms with Gasteiger partial charge >= 0.3 is 5.97 Å². The highest BCUT2D eigenvalue weighted by Gasteiger charge is 2.30. The van der Waals surface area contributed by atoms with Gasteiger partial charge in [0.1, 0.15) is 5.00 Å². The molecule has 1 aliphatic rings. The first-order chi connectivity index (χ1) is 15.6. The number of nitrogens with zero attached hydrogens (tertiary/aromatic N) is 1. The maximum Gasteiger partial charge on any atom is 0.341 e. The molecule has 0 radical (unpaired) electrons. The van der Waals surface area contributed by atoms with E-state index in [1.54, 1.807) is 6.92 Å². The number of fused-ring (bicyclic) bond motifs is 1. The van der Waals surface area contributed by atoms with Crippen LogP contribution < -0.4 is 5.32 Å². The standard InChI is InChI=1S/C23H29ClN2O5S2/c1-4-31-23(28)21-18-11-12-26(15(2)3)14-19(18)32-22(21)25-20(27)6-5-13-33(29,30)17-9-7-16(24)8-10-17/h7-10,15H,4-6,11-14H2,1-3H3,(H,25,27). The second-order valence-electron chi connectivity index (χ2n) is 8.17. The van der Waals surface area contributed by atoms with E-state index in [4.69, 9.17) is 16.3 Å². The van der Waals surface area contributed by atoms with Crippen molar-refractivity contribution in [3.05, 3.63) is 45.3 Å². The summed E-state index contributed by atoms with van der Waals surface area (Å²) in [5.74, 6) is -0.920. The molecule has 0 saturated heterocycles. The summed E-state index contributed by atoms with van der Waals surface area (Å²) < 4.78 is 30.2. The van der Waals surface area contributed by atoms with E-state index in [2.05, 4.69) is 24.1 Å². The van der Waals surface area contributed by atoms with Gasteiger partial charge in [0.15, 0.2) is 9.84 Å². The molecule has 1 amide bonds. The second-order valence-corrected chi connectivity index (χ2v) is 11.8. The van der Waals surface area contributed by atoms with Crippen molar-refractivity contribution in [3.8, 4) is 0 Å². The Morgan fingerprint density at radius 3 is 2.58 bits per heavy atom. The molecule has 2 heterocycles. The number of carbonyl (C=O) groups is 2. The molecule has 1 aliphatic heterocycles. The van der Waals surface area contributed by atoms with Crippen LogP contribution >= 0.6 is 22.9 Å². The molecule has 1 aromatic carbocycles. The number of nitrogens with one attached hydrogen (secondary N) is 1. The van der Waals surface area contributed by atoms with Crippen LogP contribution in [0.5, 0.6) is 0 Å². The van der Waals surface area contributed by atoms with Crippen molar-refractivity contribution in [2.75, 3.05) is 24.2 Å². The number of hydrogen-bond donors (Lipinski definition) is 1. The fourth-order valence-corrected chi connectivity index (χ4v) is 6.46. The van der Waals surface area contributed by atoms with Crippen LogP contribution in [0.2, 0.25) is 5.02 Å². The lowest BCUT2D eigenvalue weighted by Gasteiger charge is -2.30. The minimum absolute atomic E-state index is 0.0236. The lowest BCUT2D eigenvalue weighted by Crippen LogP contribution is -2.35.